The molecule has 2 atom stereocenters. The number of carbonyl (C=O) groups is 3. The van der Waals surface area contributed by atoms with Gasteiger partial charge in [0.25, 0.3) is 0 Å². The minimum absolute atomic E-state index is 0.115. The standard InChI is InChI=1S/C21H32N2O5/c1-5-6-12-17(20(25)27-4)22-19(24)18(13-15(2)3)23-21(26)28-14-16-10-8-7-9-11-16/h7-11,15,17-18H,5-6,12-14H2,1-4H3,(H,22,24)(H,23,26)/t17-,18-/m0/s1. The number of hydrogen-bond acceptors (Lipinski definition) is 5. The Balaban J connectivity index is 2.69. The van der Waals surface area contributed by atoms with Gasteiger partial charge in [0.2, 0.25) is 5.91 Å². The molecule has 0 aliphatic heterocycles. The zero-order chi connectivity index (χ0) is 20.9. The maximum Gasteiger partial charge on any atom is 0.408 e. The Morgan fingerprint density at radius 1 is 1.04 bits per heavy atom. The molecule has 1 aromatic carbocycles. The summed E-state index contributed by atoms with van der Waals surface area (Å²) in [6.45, 7) is 6.02. The molecular formula is C21H32N2O5. The summed E-state index contributed by atoms with van der Waals surface area (Å²) < 4.78 is 9.98. The smallest absolute Gasteiger partial charge is 0.408 e. The molecule has 28 heavy (non-hydrogen) atoms. The van der Waals surface area contributed by atoms with Crippen molar-refractivity contribution in [3.8, 4) is 0 Å². The van der Waals surface area contributed by atoms with Crippen LogP contribution >= 0.6 is 0 Å². The number of unbranched alkanes of at least 4 members (excludes halogenated alkanes) is 1. The number of nitrogens with one attached hydrogen (secondary N) is 2. The Labute approximate surface area is 167 Å². The lowest BCUT2D eigenvalue weighted by Crippen LogP contribution is -2.52. The van der Waals surface area contributed by atoms with E-state index >= 15 is 0 Å². The average Bonchev–Trinajstić information content (AvgIpc) is 2.68. The van der Waals surface area contributed by atoms with E-state index in [9.17, 15) is 14.4 Å². The Morgan fingerprint density at radius 3 is 2.29 bits per heavy atom. The van der Waals surface area contributed by atoms with E-state index in [1.807, 2.05) is 51.1 Å². The van der Waals surface area contributed by atoms with Gasteiger partial charge in [0.05, 0.1) is 7.11 Å². The minimum atomic E-state index is -0.794. The van der Waals surface area contributed by atoms with Crippen molar-refractivity contribution in [2.24, 2.45) is 5.92 Å². The van der Waals surface area contributed by atoms with Crippen LogP contribution in [0.1, 0.15) is 52.0 Å². The van der Waals surface area contributed by atoms with Crippen molar-refractivity contribution >= 4 is 18.0 Å². The first kappa shape index (κ1) is 23.5. The first-order valence-electron chi connectivity index (χ1n) is 9.72. The van der Waals surface area contributed by atoms with Crippen LogP contribution in [0.2, 0.25) is 0 Å². The number of alkyl carbamates (subject to hydrolysis) is 1. The molecule has 0 unspecified atom stereocenters. The number of esters is 1. The molecule has 0 saturated carbocycles. The van der Waals surface area contributed by atoms with Gasteiger partial charge in [0.15, 0.2) is 0 Å². The van der Waals surface area contributed by atoms with E-state index in [1.54, 1.807) is 0 Å². The van der Waals surface area contributed by atoms with Gasteiger partial charge >= 0.3 is 12.1 Å². The quantitative estimate of drug-likeness (QED) is 0.564. The summed E-state index contributed by atoms with van der Waals surface area (Å²) in [7, 11) is 1.29. The molecule has 1 aromatic rings. The first-order chi connectivity index (χ1) is 13.4. The molecule has 2 N–H and O–H groups in total. The molecule has 156 valence electrons. The lowest BCUT2D eigenvalue weighted by atomic mass is 10.0. The lowest BCUT2D eigenvalue weighted by molar-refractivity contribution is -0.145. The first-order valence-corrected chi connectivity index (χ1v) is 9.72. The predicted octanol–water partition coefficient (Wildman–Crippen LogP) is 3.18. The number of methoxy groups -OCH3 is 1. The zero-order valence-corrected chi connectivity index (χ0v) is 17.2. The van der Waals surface area contributed by atoms with Crippen LogP contribution in [0.4, 0.5) is 4.79 Å². The maximum absolute atomic E-state index is 12.7. The number of carbonyl (C=O) groups excluding carboxylic acids is 3. The van der Waals surface area contributed by atoms with Crippen LogP contribution in [0.5, 0.6) is 0 Å². The minimum Gasteiger partial charge on any atom is -0.467 e. The third-order valence-electron chi connectivity index (χ3n) is 4.18. The van der Waals surface area contributed by atoms with E-state index < -0.39 is 30.1 Å². The molecule has 0 aliphatic carbocycles. The van der Waals surface area contributed by atoms with Crippen LogP contribution in [0.3, 0.4) is 0 Å². The van der Waals surface area contributed by atoms with Gasteiger partial charge in [-0.05, 0) is 24.3 Å². The molecule has 2 amide bonds. The van der Waals surface area contributed by atoms with Crippen molar-refractivity contribution in [2.45, 2.75) is 65.1 Å². The van der Waals surface area contributed by atoms with Gasteiger partial charge in [0.1, 0.15) is 18.7 Å². The average molecular weight is 392 g/mol. The van der Waals surface area contributed by atoms with Gasteiger partial charge in [-0.15, -0.1) is 0 Å². The van der Waals surface area contributed by atoms with Gasteiger partial charge in [-0.3, -0.25) is 4.79 Å². The molecule has 7 nitrogen and oxygen atoms in total. The van der Waals surface area contributed by atoms with E-state index in [-0.39, 0.29) is 12.5 Å². The fourth-order valence-corrected chi connectivity index (χ4v) is 2.68. The summed E-state index contributed by atoms with van der Waals surface area (Å²) in [6, 6.07) is 7.76. The van der Waals surface area contributed by atoms with Crippen molar-refractivity contribution in [2.75, 3.05) is 7.11 Å². The van der Waals surface area contributed by atoms with Crippen LogP contribution in [0.25, 0.3) is 0 Å². The third kappa shape index (κ3) is 8.88. The van der Waals surface area contributed by atoms with Crippen LogP contribution in [-0.4, -0.2) is 37.2 Å². The van der Waals surface area contributed by atoms with Crippen LogP contribution in [0, 0.1) is 5.92 Å². The van der Waals surface area contributed by atoms with Crippen molar-refractivity contribution in [3.05, 3.63) is 35.9 Å². The number of benzene rings is 1. The van der Waals surface area contributed by atoms with E-state index in [0.717, 1.165) is 18.4 Å². The van der Waals surface area contributed by atoms with Crippen molar-refractivity contribution in [3.63, 3.8) is 0 Å². The molecule has 0 aromatic heterocycles. The normalized spacial score (nSPS) is 12.8. The Morgan fingerprint density at radius 2 is 1.71 bits per heavy atom. The molecule has 0 fully saturated rings. The predicted molar refractivity (Wildman–Crippen MR) is 106 cm³/mol. The van der Waals surface area contributed by atoms with Crippen molar-refractivity contribution in [1.82, 2.24) is 10.6 Å². The molecule has 7 heteroatoms. The Hall–Kier alpha value is -2.57. The lowest BCUT2D eigenvalue weighted by Gasteiger charge is -2.23. The monoisotopic (exact) mass is 392 g/mol. The number of rotatable bonds is 11. The van der Waals surface area contributed by atoms with Crippen LogP contribution < -0.4 is 10.6 Å². The summed E-state index contributed by atoms with van der Waals surface area (Å²) in [5.41, 5.74) is 0.854. The molecule has 1 rings (SSSR count). The van der Waals surface area contributed by atoms with Gasteiger partial charge in [0, 0.05) is 0 Å². The second-order valence-corrected chi connectivity index (χ2v) is 7.11. The van der Waals surface area contributed by atoms with Crippen molar-refractivity contribution in [1.29, 1.82) is 0 Å². The Bertz CT molecular complexity index is 618. The Kier molecular flexibility index (Phi) is 10.7. The van der Waals surface area contributed by atoms with E-state index in [1.165, 1.54) is 7.11 Å². The zero-order valence-electron chi connectivity index (χ0n) is 17.2. The van der Waals surface area contributed by atoms with Gasteiger partial charge in [-0.25, -0.2) is 9.59 Å². The van der Waals surface area contributed by atoms with Crippen LogP contribution in [0.15, 0.2) is 30.3 Å². The number of amides is 2. The second-order valence-electron chi connectivity index (χ2n) is 7.11. The molecule has 0 aliphatic rings. The third-order valence-corrected chi connectivity index (χ3v) is 4.18. The molecule has 0 radical (unpaired) electrons. The summed E-state index contributed by atoms with van der Waals surface area (Å²) in [4.78, 5) is 36.8. The van der Waals surface area contributed by atoms with Gasteiger partial charge in [-0.2, -0.15) is 0 Å². The highest BCUT2D eigenvalue weighted by Crippen LogP contribution is 2.09. The molecule has 0 heterocycles. The second kappa shape index (κ2) is 12.8. The highest BCUT2D eigenvalue weighted by atomic mass is 16.5. The summed E-state index contributed by atoms with van der Waals surface area (Å²) in [5, 5.41) is 5.31. The fraction of sp³-hybridized carbons (Fsp3) is 0.571. The van der Waals surface area contributed by atoms with E-state index in [0.29, 0.717) is 12.8 Å². The fourth-order valence-electron chi connectivity index (χ4n) is 2.68. The number of hydrogen-bond donors (Lipinski definition) is 2. The maximum atomic E-state index is 12.7. The highest BCUT2D eigenvalue weighted by molar-refractivity contribution is 5.89. The van der Waals surface area contributed by atoms with Crippen molar-refractivity contribution < 1.29 is 23.9 Å². The molecular weight excluding hydrogens is 360 g/mol. The van der Waals surface area contributed by atoms with Gasteiger partial charge < -0.3 is 20.1 Å². The summed E-state index contributed by atoms with van der Waals surface area (Å²) in [5.74, 6) is -0.744. The van der Waals surface area contributed by atoms with Gasteiger partial charge in [-0.1, -0.05) is 63.9 Å². The largest absolute Gasteiger partial charge is 0.467 e. The SMILES string of the molecule is CCCC[C@H](NC(=O)[C@H](CC(C)C)NC(=O)OCc1ccccc1)C(=O)OC. The highest BCUT2D eigenvalue weighted by Gasteiger charge is 2.27. The molecule has 0 saturated heterocycles. The van der Waals surface area contributed by atoms with Crippen LogP contribution in [-0.2, 0) is 25.7 Å². The summed E-state index contributed by atoms with van der Waals surface area (Å²) >= 11 is 0. The topological polar surface area (TPSA) is 93.7 Å². The number of ether oxygens (including phenoxy) is 2. The molecule has 0 spiro atoms. The summed E-state index contributed by atoms with van der Waals surface area (Å²) in [6.07, 6.45) is 1.91. The van der Waals surface area contributed by atoms with E-state index in [4.69, 9.17) is 9.47 Å². The van der Waals surface area contributed by atoms with E-state index in [2.05, 4.69) is 10.6 Å². The molecule has 0 bridgehead atoms.